The van der Waals surface area contributed by atoms with Gasteiger partial charge in [-0.2, -0.15) is 0 Å². The minimum Gasteiger partial charge on any atom is -0.385 e. The van der Waals surface area contributed by atoms with Gasteiger partial charge in [-0.25, -0.2) is 14.1 Å². The summed E-state index contributed by atoms with van der Waals surface area (Å²) < 4.78 is 18.4. The first kappa shape index (κ1) is 22.8. The molecule has 3 N–H and O–H groups in total. The number of imide groups is 1. The van der Waals surface area contributed by atoms with Gasteiger partial charge in [-0.1, -0.05) is 13.0 Å². The SMILES string of the molecule is CCCNc1ccc2c(c1)CC(=O)N(c1ccc(NC(=O)NSc3cccs3)cc1F)C2=O. The highest BCUT2D eigenvalue weighted by atomic mass is 32.2. The van der Waals surface area contributed by atoms with Crippen molar-refractivity contribution in [2.75, 3.05) is 22.1 Å². The molecule has 1 aliphatic heterocycles. The quantitative estimate of drug-likeness (QED) is 0.314. The molecular formula is C23H21FN4O3S2. The molecule has 3 aromatic rings. The van der Waals surface area contributed by atoms with Crippen molar-refractivity contribution in [3.63, 3.8) is 0 Å². The summed E-state index contributed by atoms with van der Waals surface area (Å²) in [5.41, 5.74) is 1.86. The highest BCUT2D eigenvalue weighted by Crippen LogP contribution is 2.30. The maximum absolute atomic E-state index is 14.9. The van der Waals surface area contributed by atoms with E-state index < -0.39 is 23.7 Å². The zero-order valence-corrected chi connectivity index (χ0v) is 19.3. The third kappa shape index (κ3) is 5.18. The van der Waals surface area contributed by atoms with Crippen molar-refractivity contribution in [3.8, 4) is 0 Å². The van der Waals surface area contributed by atoms with E-state index in [0.717, 1.165) is 45.8 Å². The first-order chi connectivity index (χ1) is 16.0. The normalized spacial score (nSPS) is 13.0. The first-order valence-corrected chi connectivity index (χ1v) is 12.0. The summed E-state index contributed by atoms with van der Waals surface area (Å²) in [5, 5.41) is 7.65. The summed E-state index contributed by atoms with van der Waals surface area (Å²) in [6, 6.07) is 12.3. The van der Waals surface area contributed by atoms with Gasteiger partial charge in [0.15, 0.2) is 0 Å². The maximum atomic E-state index is 14.9. The molecule has 0 saturated heterocycles. The Hall–Kier alpha value is -3.37. The van der Waals surface area contributed by atoms with Crippen LogP contribution in [0.3, 0.4) is 0 Å². The molecule has 7 nitrogen and oxygen atoms in total. The Morgan fingerprint density at radius 2 is 1.97 bits per heavy atom. The molecule has 4 rings (SSSR count). The molecule has 4 amide bonds. The maximum Gasteiger partial charge on any atom is 0.329 e. The molecule has 0 unspecified atom stereocenters. The largest absolute Gasteiger partial charge is 0.385 e. The number of rotatable bonds is 7. The average Bonchev–Trinajstić information content (AvgIpc) is 3.31. The first-order valence-electron chi connectivity index (χ1n) is 10.3. The molecule has 2 aromatic carbocycles. The lowest BCUT2D eigenvalue weighted by molar-refractivity contribution is -0.117. The predicted molar refractivity (Wildman–Crippen MR) is 129 cm³/mol. The van der Waals surface area contributed by atoms with E-state index in [0.29, 0.717) is 11.1 Å². The van der Waals surface area contributed by atoms with Crippen molar-refractivity contribution in [1.82, 2.24) is 4.72 Å². The molecule has 0 spiro atoms. The van der Waals surface area contributed by atoms with Gasteiger partial charge in [-0.3, -0.25) is 14.3 Å². The van der Waals surface area contributed by atoms with Gasteiger partial charge in [0.2, 0.25) is 5.91 Å². The zero-order chi connectivity index (χ0) is 23.4. The second-order valence-electron chi connectivity index (χ2n) is 7.27. The molecule has 0 atom stereocenters. The molecule has 0 bridgehead atoms. The van der Waals surface area contributed by atoms with Crippen LogP contribution in [0.15, 0.2) is 58.1 Å². The van der Waals surface area contributed by atoms with E-state index in [2.05, 4.69) is 15.4 Å². The minimum absolute atomic E-state index is 0.00942. The van der Waals surface area contributed by atoms with Gasteiger partial charge in [0.25, 0.3) is 5.91 Å². The van der Waals surface area contributed by atoms with E-state index in [1.807, 2.05) is 24.4 Å². The summed E-state index contributed by atoms with van der Waals surface area (Å²) in [7, 11) is 0. The predicted octanol–water partition coefficient (Wildman–Crippen LogP) is 5.27. The van der Waals surface area contributed by atoms with Crippen LogP contribution < -0.4 is 20.3 Å². The summed E-state index contributed by atoms with van der Waals surface area (Å²) >= 11 is 2.62. The lowest BCUT2D eigenvalue weighted by Gasteiger charge is -2.27. The third-order valence-electron chi connectivity index (χ3n) is 4.89. The number of anilines is 3. The van der Waals surface area contributed by atoms with Crippen LogP contribution in [-0.4, -0.2) is 24.4 Å². The van der Waals surface area contributed by atoms with E-state index in [1.54, 1.807) is 18.2 Å². The van der Waals surface area contributed by atoms with Gasteiger partial charge in [-0.15, -0.1) is 11.3 Å². The van der Waals surface area contributed by atoms with Gasteiger partial charge in [-0.05, 0) is 71.8 Å². The lowest BCUT2D eigenvalue weighted by Crippen LogP contribution is -2.43. The van der Waals surface area contributed by atoms with Gasteiger partial charge >= 0.3 is 6.03 Å². The fourth-order valence-electron chi connectivity index (χ4n) is 3.39. The third-order valence-corrected chi connectivity index (χ3v) is 6.72. The number of benzene rings is 2. The van der Waals surface area contributed by atoms with E-state index in [9.17, 15) is 18.8 Å². The zero-order valence-electron chi connectivity index (χ0n) is 17.7. The van der Waals surface area contributed by atoms with Crippen LogP contribution in [0.4, 0.5) is 26.2 Å². The highest BCUT2D eigenvalue weighted by Gasteiger charge is 2.33. The molecule has 1 aromatic heterocycles. The Balaban J connectivity index is 1.48. The van der Waals surface area contributed by atoms with Crippen molar-refractivity contribution in [1.29, 1.82) is 0 Å². The standard InChI is InChI=1S/C23H21FN4O3S2/c1-2-9-25-15-5-7-17-14(11-15)12-20(29)28(22(17)30)19-8-6-16(13-18(19)24)26-23(31)27-33-21-4-3-10-32-21/h3-8,10-11,13,25H,2,9,12H2,1H3,(H2,26,27,31). The monoisotopic (exact) mass is 484 g/mol. The molecule has 10 heteroatoms. The van der Waals surface area contributed by atoms with E-state index in [-0.39, 0.29) is 17.8 Å². The van der Waals surface area contributed by atoms with Crippen LogP contribution in [0.1, 0.15) is 29.3 Å². The Morgan fingerprint density at radius 1 is 1.15 bits per heavy atom. The van der Waals surface area contributed by atoms with Crippen LogP contribution in [-0.2, 0) is 11.2 Å². The molecule has 0 radical (unpaired) electrons. The summed E-state index contributed by atoms with van der Waals surface area (Å²) in [5.74, 6) is -1.87. The van der Waals surface area contributed by atoms with Crippen LogP contribution >= 0.6 is 23.3 Å². The van der Waals surface area contributed by atoms with Crippen molar-refractivity contribution >= 4 is 58.2 Å². The van der Waals surface area contributed by atoms with Crippen molar-refractivity contribution in [2.24, 2.45) is 0 Å². The Labute approximate surface area is 198 Å². The number of amides is 4. The molecular weight excluding hydrogens is 463 g/mol. The van der Waals surface area contributed by atoms with Crippen LogP contribution in [0.5, 0.6) is 0 Å². The number of carbonyl (C=O) groups excluding carboxylic acids is 3. The number of thiophene rings is 1. The van der Waals surface area contributed by atoms with E-state index in [1.165, 1.54) is 23.5 Å². The van der Waals surface area contributed by atoms with Gasteiger partial charge in [0, 0.05) is 23.5 Å². The average molecular weight is 485 g/mol. The van der Waals surface area contributed by atoms with Crippen LogP contribution in [0, 0.1) is 5.82 Å². The molecule has 0 aliphatic carbocycles. The second-order valence-corrected chi connectivity index (χ2v) is 9.32. The number of hydrogen-bond donors (Lipinski definition) is 3. The fourth-order valence-corrected chi connectivity index (χ4v) is 4.71. The Morgan fingerprint density at radius 3 is 2.70 bits per heavy atom. The lowest BCUT2D eigenvalue weighted by atomic mass is 9.97. The number of hydrogen-bond acceptors (Lipinski definition) is 6. The summed E-state index contributed by atoms with van der Waals surface area (Å²) in [6.07, 6.45) is 0.937. The molecule has 170 valence electrons. The van der Waals surface area contributed by atoms with Gasteiger partial charge in [0.1, 0.15) is 5.82 Å². The van der Waals surface area contributed by atoms with Crippen LogP contribution in [0.2, 0.25) is 0 Å². The number of fused-ring (bicyclic) bond motifs is 1. The number of nitrogens with zero attached hydrogens (tertiary/aromatic N) is 1. The topological polar surface area (TPSA) is 90.5 Å². The van der Waals surface area contributed by atoms with Gasteiger partial charge in [0.05, 0.1) is 16.3 Å². The second kappa shape index (κ2) is 10.1. The molecule has 1 aliphatic rings. The molecule has 0 saturated carbocycles. The number of urea groups is 1. The number of nitrogens with one attached hydrogen (secondary N) is 3. The number of carbonyl (C=O) groups is 3. The van der Waals surface area contributed by atoms with Crippen LogP contribution in [0.25, 0.3) is 0 Å². The molecule has 33 heavy (non-hydrogen) atoms. The van der Waals surface area contributed by atoms with E-state index in [4.69, 9.17) is 0 Å². The smallest absolute Gasteiger partial charge is 0.329 e. The number of halogens is 1. The summed E-state index contributed by atoms with van der Waals surface area (Å²) in [4.78, 5) is 38.7. The van der Waals surface area contributed by atoms with Gasteiger partial charge < -0.3 is 10.6 Å². The van der Waals surface area contributed by atoms with Crippen molar-refractivity contribution in [3.05, 3.63) is 70.9 Å². The van der Waals surface area contributed by atoms with Crippen molar-refractivity contribution < 1.29 is 18.8 Å². The Bertz CT molecular complexity index is 1200. The van der Waals surface area contributed by atoms with E-state index >= 15 is 0 Å². The molecule has 0 fully saturated rings. The summed E-state index contributed by atoms with van der Waals surface area (Å²) in [6.45, 7) is 2.82. The fraction of sp³-hybridized carbons (Fsp3) is 0.174. The Kier molecular flexibility index (Phi) is 6.95. The van der Waals surface area contributed by atoms with Crippen molar-refractivity contribution in [2.45, 2.75) is 24.0 Å². The molecule has 2 heterocycles. The minimum atomic E-state index is -0.787. The highest BCUT2D eigenvalue weighted by molar-refractivity contribution is 7.99.